The SMILES string of the molecule is COc1ccc(CC(=O)NCCN(C)c2ccccc2)cc1. The van der Waals surface area contributed by atoms with E-state index in [1.54, 1.807) is 7.11 Å². The molecule has 0 fully saturated rings. The number of hydrogen-bond acceptors (Lipinski definition) is 3. The smallest absolute Gasteiger partial charge is 0.224 e. The van der Waals surface area contributed by atoms with Gasteiger partial charge in [-0.25, -0.2) is 0 Å². The number of likely N-dealkylation sites (N-methyl/N-ethyl adjacent to an activating group) is 1. The van der Waals surface area contributed by atoms with Crippen LogP contribution in [0.15, 0.2) is 54.6 Å². The van der Waals surface area contributed by atoms with Gasteiger partial charge in [-0.05, 0) is 29.8 Å². The number of ether oxygens (including phenoxy) is 1. The number of anilines is 1. The molecule has 0 radical (unpaired) electrons. The van der Waals surface area contributed by atoms with Crippen LogP contribution < -0.4 is 15.0 Å². The first-order valence-corrected chi connectivity index (χ1v) is 7.35. The summed E-state index contributed by atoms with van der Waals surface area (Å²) in [6.07, 6.45) is 0.388. The largest absolute Gasteiger partial charge is 0.497 e. The van der Waals surface area contributed by atoms with E-state index in [0.717, 1.165) is 23.5 Å². The lowest BCUT2D eigenvalue weighted by atomic mass is 10.1. The van der Waals surface area contributed by atoms with Crippen LogP contribution in [0, 0.1) is 0 Å². The summed E-state index contributed by atoms with van der Waals surface area (Å²) in [5.41, 5.74) is 2.13. The van der Waals surface area contributed by atoms with Crippen LogP contribution >= 0.6 is 0 Å². The van der Waals surface area contributed by atoms with Crippen molar-refractivity contribution < 1.29 is 9.53 Å². The number of methoxy groups -OCH3 is 1. The molecule has 0 aliphatic carbocycles. The predicted octanol–water partition coefficient (Wildman–Crippen LogP) is 2.49. The molecule has 0 bridgehead atoms. The fourth-order valence-electron chi connectivity index (χ4n) is 2.17. The van der Waals surface area contributed by atoms with Crippen molar-refractivity contribution >= 4 is 11.6 Å². The van der Waals surface area contributed by atoms with E-state index in [9.17, 15) is 4.79 Å². The zero-order chi connectivity index (χ0) is 15.8. The third-order valence-electron chi connectivity index (χ3n) is 3.49. The number of nitrogens with zero attached hydrogens (tertiary/aromatic N) is 1. The van der Waals surface area contributed by atoms with Crippen LogP contribution in [-0.2, 0) is 11.2 Å². The molecule has 0 atom stereocenters. The molecule has 116 valence electrons. The van der Waals surface area contributed by atoms with Crippen molar-refractivity contribution in [2.75, 3.05) is 32.1 Å². The predicted molar refractivity (Wildman–Crippen MR) is 89.4 cm³/mol. The summed E-state index contributed by atoms with van der Waals surface area (Å²) in [5.74, 6) is 0.834. The van der Waals surface area contributed by atoms with Gasteiger partial charge in [-0.2, -0.15) is 0 Å². The lowest BCUT2D eigenvalue weighted by molar-refractivity contribution is -0.120. The van der Waals surface area contributed by atoms with Crippen LogP contribution in [-0.4, -0.2) is 33.2 Å². The highest BCUT2D eigenvalue weighted by Crippen LogP contribution is 2.12. The topological polar surface area (TPSA) is 41.6 Å². The summed E-state index contributed by atoms with van der Waals surface area (Å²) in [6, 6.07) is 17.7. The average Bonchev–Trinajstić information content (AvgIpc) is 2.56. The fraction of sp³-hybridized carbons (Fsp3) is 0.278. The highest BCUT2D eigenvalue weighted by molar-refractivity contribution is 5.78. The number of hydrogen-bond donors (Lipinski definition) is 1. The molecule has 2 rings (SSSR count). The van der Waals surface area contributed by atoms with Crippen molar-refractivity contribution in [3.05, 3.63) is 60.2 Å². The monoisotopic (exact) mass is 298 g/mol. The van der Waals surface area contributed by atoms with Crippen LogP contribution in [0.25, 0.3) is 0 Å². The van der Waals surface area contributed by atoms with Gasteiger partial charge in [0.2, 0.25) is 5.91 Å². The molecular formula is C18H22N2O2. The van der Waals surface area contributed by atoms with Gasteiger partial charge < -0.3 is 15.0 Å². The van der Waals surface area contributed by atoms with Gasteiger partial charge in [0.15, 0.2) is 0 Å². The molecule has 1 N–H and O–H groups in total. The molecule has 4 nitrogen and oxygen atoms in total. The Balaban J connectivity index is 1.73. The Bertz CT molecular complexity index is 582. The van der Waals surface area contributed by atoms with Gasteiger partial charge in [0.1, 0.15) is 5.75 Å². The first-order valence-electron chi connectivity index (χ1n) is 7.35. The van der Waals surface area contributed by atoms with Crippen LogP contribution in [0.2, 0.25) is 0 Å². The Labute approximate surface area is 131 Å². The lowest BCUT2D eigenvalue weighted by Gasteiger charge is -2.19. The molecule has 0 spiro atoms. The summed E-state index contributed by atoms with van der Waals surface area (Å²) in [7, 11) is 3.65. The maximum atomic E-state index is 11.9. The van der Waals surface area contributed by atoms with Gasteiger partial charge in [0, 0.05) is 25.8 Å². The van der Waals surface area contributed by atoms with Gasteiger partial charge in [0.05, 0.1) is 13.5 Å². The van der Waals surface area contributed by atoms with Crippen molar-refractivity contribution in [1.82, 2.24) is 5.32 Å². The van der Waals surface area contributed by atoms with Crippen molar-refractivity contribution in [2.45, 2.75) is 6.42 Å². The minimum atomic E-state index is 0.0339. The maximum absolute atomic E-state index is 11.9. The Morgan fingerprint density at radius 2 is 1.77 bits per heavy atom. The molecule has 0 aliphatic heterocycles. The Kier molecular flexibility index (Phi) is 5.83. The second-order valence-electron chi connectivity index (χ2n) is 5.13. The van der Waals surface area contributed by atoms with Crippen LogP contribution in [0.1, 0.15) is 5.56 Å². The lowest BCUT2D eigenvalue weighted by Crippen LogP contribution is -2.33. The summed E-state index contributed by atoms with van der Waals surface area (Å²) >= 11 is 0. The number of carbonyl (C=O) groups is 1. The Morgan fingerprint density at radius 1 is 1.09 bits per heavy atom. The third kappa shape index (κ3) is 4.81. The van der Waals surface area contributed by atoms with Gasteiger partial charge in [-0.15, -0.1) is 0 Å². The molecular weight excluding hydrogens is 276 g/mol. The van der Waals surface area contributed by atoms with E-state index in [-0.39, 0.29) is 5.91 Å². The van der Waals surface area contributed by atoms with Crippen LogP contribution in [0.3, 0.4) is 0 Å². The highest BCUT2D eigenvalue weighted by atomic mass is 16.5. The van der Waals surface area contributed by atoms with Gasteiger partial charge in [-0.1, -0.05) is 30.3 Å². The molecule has 0 saturated carbocycles. The molecule has 22 heavy (non-hydrogen) atoms. The molecule has 2 aromatic rings. The molecule has 0 aliphatic rings. The fourth-order valence-corrected chi connectivity index (χ4v) is 2.17. The molecule has 0 aromatic heterocycles. The summed E-state index contributed by atoms with van der Waals surface area (Å²) in [5, 5.41) is 2.95. The zero-order valence-corrected chi connectivity index (χ0v) is 13.1. The Morgan fingerprint density at radius 3 is 2.41 bits per heavy atom. The zero-order valence-electron chi connectivity index (χ0n) is 13.1. The van der Waals surface area contributed by atoms with E-state index in [2.05, 4.69) is 22.3 Å². The van der Waals surface area contributed by atoms with Crippen LogP contribution in [0.4, 0.5) is 5.69 Å². The van der Waals surface area contributed by atoms with E-state index in [1.807, 2.05) is 49.5 Å². The summed E-state index contributed by atoms with van der Waals surface area (Å²) in [6.45, 7) is 1.40. The number of para-hydroxylation sites is 1. The Hall–Kier alpha value is -2.49. The van der Waals surface area contributed by atoms with E-state index in [1.165, 1.54) is 0 Å². The van der Waals surface area contributed by atoms with Gasteiger partial charge in [0.25, 0.3) is 0 Å². The van der Waals surface area contributed by atoms with Crippen molar-refractivity contribution in [1.29, 1.82) is 0 Å². The van der Waals surface area contributed by atoms with Crippen molar-refractivity contribution in [3.8, 4) is 5.75 Å². The molecule has 0 saturated heterocycles. The minimum Gasteiger partial charge on any atom is -0.497 e. The molecule has 0 unspecified atom stereocenters. The van der Waals surface area contributed by atoms with E-state index in [4.69, 9.17) is 4.74 Å². The molecule has 1 amide bonds. The standard InChI is InChI=1S/C18H22N2O2/c1-20(16-6-4-3-5-7-16)13-12-19-18(21)14-15-8-10-17(22-2)11-9-15/h3-11H,12-14H2,1-2H3,(H,19,21). The normalized spacial score (nSPS) is 10.1. The quantitative estimate of drug-likeness (QED) is 0.854. The van der Waals surface area contributed by atoms with Gasteiger partial charge in [-0.3, -0.25) is 4.79 Å². The summed E-state index contributed by atoms with van der Waals surface area (Å²) < 4.78 is 5.10. The van der Waals surface area contributed by atoms with Crippen molar-refractivity contribution in [3.63, 3.8) is 0 Å². The van der Waals surface area contributed by atoms with Crippen molar-refractivity contribution in [2.24, 2.45) is 0 Å². The number of nitrogens with one attached hydrogen (secondary N) is 1. The number of amides is 1. The summed E-state index contributed by atoms with van der Waals surface area (Å²) in [4.78, 5) is 14.0. The number of benzene rings is 2. The molecule has 2 aromatic carbocycles. The number of carbonyl (C=O) groups excluding carboxylic acids is 1. The molecule has 4 heteroatoms. The average molecular weight is 298 g/mol. The van der Waals surface area contributed by atoms with Gasteiger partial charge >= 0.3 is 0 Å². The third-order valence-corrected chi connectivity index (χ3v) is 3.49. The minimum absolute atomic E-state index is 0.0339. The second kappa shape index (κ2) is 8.08. The molecule has 0 heterocycles. The van der Waals surface area contributed by atoms with Crippen LogP contribution in [0.5, 0.6) is 5.75 Å². The maximum Gasteiger partial charge on any atom is 0.224 e. The second-order valence-corrected chi connectivity index (χ2v) is 5.13. The first-order chi connectivity index (χ1) is 10.7. The highest BCUT2D eigenvalue weighted by Gasteiger charge is 2.04. The number of rotatable bonds is 7. The van der Waals surface area contributed by atoms with E-state index < -0.39 is 0 Å². The van der Waals surface area contributed by atoms with E-state index in [0.29, 0.717) is 13.0 Å². The van der Waals surface area contributed by atoms with E-state index >= 15 is 0 Å². The first kappa shape index (κ1) is 15.9.